The van der Waals surface area contributed by atoms with E-state index in [1.54, 1.807) is 0 Å². The molecule has 0 aliphatic heterocycles. The molecule has 0 amide bonds. The van der Waals surface area contributed by atoms with Crippen molar-refractivity contribution in [2.24, 2.45) is 0 Å². The quantitative estimate of drug-likeness (QED) is 0.111. The van der Waals surface area contributed by atoms with Crippen molar-refractivity contribution in [1.29, 1.82) is 0 Å². The first-order chi connectivity index (χ1) is 13.7. The lowest BCUT2D eigenvalue weighted by Gasteiger charge is -2.05. The summed E-state index contributed by atoms with van der Waals surface area (Å²) in [7, 11) is 0. The molecule has 152 valence electrons. The van der Waals surface area contributed by atoms with Gasteiger partial charge in [-0.15, -0.1) is 0 Å². The number of nitrogens with zero attached hydrogens (tertiary/aromatic N) is 4. The van der Waals surface area contributed by atoms with Crippen molar-refractivity contribution >= 4 is 5.97 Å². The molecule has 28 heavy (non-hydrogen) atoms. The molecule has 0 N–H and O–H groups in total. The molecule has 0 saturated carbocycles. The highest BCUT2D eigenvalue weighted by molar-refractivity contribution is 5.90. The van der Waals surface area contributed by atoms with Gasteiger partial charge in [0.1, 0.15) is 0 Å². The number of unbranched alkanes of at least 4 members (excludes halogenated alkanes) is 9. The van der Waals surface area contributed by atoms with Crippen LogP contribution in [0.3, 0.4) is 0 Å². The molecule has 0 heterocycles. The Hall–Kier alpha value is -2.78. The van der Waals surface area contributed by atoms with Crippen molar-refractivity contribution in [1.82, 2.24) is 4.90 Å². The van der Waals surface area contributed by atoms with Gasteiger partial charge >= 0.3 is 5.97 Å². The smallest absolute Gasteiger partial charge is 0.336 e. The Kier molecular flexibility index (Phi) is 17.1. The van der Waals surface area contributed by atoms with E-state index in [4.69, 9.17) is 24.5 Å². The van der Waals surface area contributed by atoms with Crippen molar-refractivity contribution in [2.75, 3.05) is 19.9 Å². The van der Waals surface area contributed by atoms with E-state index in [0.29, 0.717) is 6.61 Å². The van der Waals surface area contributed by atoms with Crippen LogP contribution in [-0.4, -0.2) is 30.8 Å². The maximum Gasteiger partial charge on any atom is 0.336 e. The molecule has 0 aromatic carbocycles. The van der Waals surface area contributed by atoms with Crippen LogP contribution >= 0.6 is 0 Å². The molecule has 0 aromatic heterocycles. The highest BCUT2D eigenvalue weighted by Crippen LogP contribution is 2.11. The number of ether oxygens (including phenoxy) is 1. The molecular formula is C22H32N4O2. The van der Waals surface area contributed by atoms with E-state index in [0.717, 1.165) is 19.3 Å². The highest BCUT2D eigenvalue weighted by Gasteiger charge is 2.10. The third-order valence-corrected chi connectivity index (χ3v) is 4.12. The normalized spacial score (nSPS) is 10.9. The molecule has 0 rings (SSSR count). The second-order valence-electron chi connectivity index (χ2n) is 6.51. The predicted molar refractivity (Wildman–Crippen MR) is 111 cm³/mol. The van der Waals surface area contributed by atoms with Crippen LogP contribution in [0, 0.1) is 19.7 Å². The fourth-order valence-corrected chi connectivity index (χ4v) is 2.56. The minimum Gasteiger partial charge on any atom is -0.471 e. The SMILES string of the molecule is [C-]#[N+]CN(/C=C/C=C(\[N+]#[C-])C(=O)OCCCCCCCCCCCC)C[N+]#[C-]. The summed E-state index contributed by atoms with van der Waals surface area (Å²) in [5.41, 5.74) is -0.103. The van der Waals surface area contributed by atoms with Crippen LogP contribution in [0.15, 0.2) is 24.0 Å². The van der Waals surface area contributed by atoms with E-state index in [1.165, 1.54) is 68.2 Å². The number of esters is 1. The topological polar surface area (TPSA) is 42.6 Å². The molecule has 0 radical (unpaired) electrons. The highest BCUT2D eigenvalue weighted by atomic mass is 16.5. The summed E-state index contributed by atoms with van der Waals surface area (Å²) in [6.07, 6.45) is 16.5. The Labute approximate surface area is 170 Å². The molecule has 0 bridgehead atoms. The van der Waals surface area contributed by atoms with Crippen molar-refractivity contribution in [2.45, 2.75) is 71.1 Å². The summed E-state index contributed by atoms with van der Waals surface area (Å²) in [6, 6.07) is 0. The molecule has 0 unspecified atom stereocenters. The summed E-state index contributed by atoms with van der Waals surface area (Å²) < 4.78 is 5.15. The van der Waals surface area contributed by atoms with Gasteiger partial charge in [0.25, 0.3) is 19.0 Å². The summed E-state index contributed by atoms with van der Waals surface area (Å²) in [5, 5.41) is 0. The lowest BCUT2D eigenvalue weighted by atomic mass is 10.1. The Morgan fingerprint density at radius 3 is 1.93 bits per heavy atom. The molecule has 0 saturated heterocycles. The standard InChI is InChI=1S/C22H32N4O2/c1-5-6-7-8-9-10-11-12-13-14-18-28-22(27)21(25-4)16-15-17-26(19-23-2)20-24-3/h15-17H,5-14,18-20H2,1H3/b17-15+,21-16-. The average molecular weight is 385 g/mol. The lowest BCUT2D eigenvalue weighted by Crippen LogP contribution is -2.15. The van der Waals surface area contributed by atoms with Crippen LogP contribution in [0.25, 0.3) is 14.5 Å². The van der Waals surface area contributed by atoms with Gasteiger partial charge in [-0.2, -0.15) is 0 Å². The maximum atomic E-state index is 11.9. The first-order valence-corrected chi connectivity index (χ1v) is 10.0. The zero-order valence-electron chi connectivity index (χ0n) is 17.0. The molecule has 0 aliphatic carbocycles. The predicted octanol–water partition coefficient (Wildman–Crippen LogP) is 5.82. The van der Waals surface area contributed by atoms with Crippen molar-refractivity contribution in [3.05, 3.63) is 58.3 Å². The van der Waals surface area contributed by atoms with Crippen LogP contribution in [0.1, 0.15) is 71.1 Å². The van der Waals surface area contributed by atoms with Gasteiger partial charge < -0.3 is 4.74 Å². The van der Waals surface area contributed by atoms with Gasteiger partial charge in [-0.1, -0.05) is 70.8 Å². The molecule has 0 aliphatic rings. The summed E-state index contributed by atoms with van der Waals surface area (Å²) in [4.78, 5) is 23.0. The van der Waals surface area contributed by atoms with Crippen LogP contribution in [0.4, 0.5) is 0 Å². The average Bonchev–Trinajstić information content (AvgIpc) is 2.69. The van der Waals surface area contributed by atoms with Gasteiger partial charge in [-0.05, 0) is 12.5 Å². The van der Waals surface area contributed by atoms with Gasteiger partial charge in [-0.3, -0.25) is 14.5 Å². The summed E-state index contributed by atoms with van der Waals surface area (Å²) in [5.74, 6) is -0.627. The lowest BCUT2D eigenvalue weighted by molar-refractivity contribution is -0.138. The molecule has 0 aromatic rings. The van der Waals surface area contributed by atoms with Crippen molar-refractivity contribution in [3.8, 4) is 0 Å². The maximum absolute atomic E-state index is 11.9. The van der Waals surface area contributed by atoms with Gasteiger partial charge in [-0.25, -0.2) is 22.9 Å². The Morgan fingerprint density at radius 1 is 0.893 bits per heavy atom. The van der Waals surface area contributed by atoms with E-state index in [2.05, 4.69) is 21.5 Å². The van der Waals surface area contributed by atoms with Gasteiger partial charge in [0.15, 0.2) is 0 Å². The molecule has 0 atom stereocenters. The molecule has 0 fully saturated rings. The first-order valence-electron chi connectivity index (χ1n) is 10.0. The molecule has 6 heteroatoms. The number of carbonyl (C=O) groups excluding carboxylic acids is 1. The van der Waals surface area contributed by atoms with Crippen molar-refractivity contribution < 1.29 is 9.53 Å². The minimum atomic E-state index is -0.627. The number of carbonyl (C=O) groups is 1. The van der Waals surface area contributed by atoms with Gasteiger partial charge in [0.05, 0.1) is 13.2 Å². The van der Waals surface area contributed by atoms with E-state index in [9.17, 15) is 4.79 Å². The zero-order chi connectivity index (χ0) is 20.9. The largest absolute Gasteiger partial charge is 0.471 e. The van der Waals surface area contributed by atoms with Crippen LogP contribution in [0.2, 0.25) is 0 Å². The number of hydrogen-bond donors (Lipinski definition) is 0. The third-order valence-electron chi connectivity index (χ3n) is 4.12. The molecular weight excluding hydrogens is 352 g/mol. The van der Waals surface area contributed by atoms with E-state index in [1.807, 2.05) is 0 Å². The first kappa shape index (κ1) is 25.2. The number of rotatable bonds is 16. The Morgan fingerprint density at radius 2 is 1.43 bits per heavy atom. The third kappa shape index (κ3) is 14.4. The van der Waals surface area contributed by atoms with Crippen LogP contribution in [-0.2, 0) is 9.53 Å². The minimum absolute atomic E-state index is 0.0588. The molecule has 0 spiro atoms. The molecule has 6 nitrogen and oxygen atoms in total. The fraction of sp³-hybridized carbons (Fsp3) is 0.636. The van der Waals surface area contributed by atoms with Crippen LogP contribution in [0.5, 0.6) is 0 Å². The van der Waals surface area contributed by atoms with Gasteiger partial charge in [0, 0.05) is 6.20 Å². The van der Waals surface area contributed by atoms with E-state index in [-0.39, 0.29) is 19.0 Å². The fourth-order valence-electron chi connectivity index (χ4n) is 2.56. The number of hydrogen-bond acceptors (Lipinski definition) is 3. The Bertz CT molecular complexity index is 589. The Balaban J connectivity index is 3.98. The van der Waals surface area contributed by atoms with Crippen LogP contribution < -0.4 is 0 Å². The summed E-state index contributed by atoms with van der Waals surface area (Å²) in [6.45, 7) is 23.4. The second-order valence-corrected chi connectivity index (χ2v) is 6.51. The van der Waals surface area contributed by atoms with Crippen molar-refractivity contribution in [3.63, 3.8) is 0 Å². The second kappa shape index (κ2) is 19.0. The monoisotopic (exact) mass is 384 g/mol. The van der Waals surface area contributed by atoms with E-state index < -0.39 is 5.97 Å². The zero-order valence-corrected chi connectivity index (χ0v) is 17.0. The van der Waals surface area contributed by atoms with Gasteiger partial charge in [0.2, 0.25) is 0 Å². The number of allylic oxidation sites excluding steroid dienone is 2. The summed E-state index contributed by atoms with van der Waals surface area (Å²) >= 11 is 0. The van der Waals surface area contributed by atoms with E-state index >= 15 is 0 Å².